The average molecular weight is 455 g/mol. The van der Waals surface area contributed by atoms with Gasteiger partial charge in [0.15, 0.2) is 16.0 Å². The largest absolute Gasteiger partial charge is 0.308 e. The van der Waals surface area contributed by atoms with Crippen molar-refractivity contribution >= 4 is 66.6 Å². The Morgan fingerprint density at radius 3 is 2.52 bits per heavy atom. The highest BCUT2D eigenvalue weighted by Gasteiger charge is 2.25. The van der Waals surface area contributed by atoms with Crippen LogP contribution in [0.5, 0.6) is 0 Å². The highest BCUT2D eigenvalue weighted by molar-refractivity contribution is 7.23. The molecule has 0 fully saturated rings. The highest BCUT2D eigenvalue weighted by atomic mass is 35.5. The molecule has 2 aromatic carbocycles. The van der Waals surface area contributed by atoms with E-state index in [-0.39, 0.29) is 23.8 Å². The van der Waals surface area contributed by atoms with Gasteiger partial charge >= 0.3 is 0 Å². The fraction of sp³-hybridized carbons (Fsp3) is 0.211. The van der Waals surface area contributed by atoms with Crippen LogP contribution in [0.25, 0.3) is 20.4 Å². The second kappa shape index (κ2) is 8.66. The number of para-hydroxylation sites is 1. The van der Waals surface area contributed by atoms with Gasteiger partial charge in [0.2, 0.25) is 0 Å². The monoisotopic (exact) mass is 454 g/mol. The Morgan fingerprint density at radius 1 is 1.03 bits per heavy atom. The van der Waals surface area contributed by atoms with Crippen LogP contribution < -0.4 is 4.90 Å². The van der Waals surface area contributed by atoms with Gasteiger partial charge in [0.05, 0.1) is 14.9 Å². The summed E-state index contributed by atoms with van der Waals surface area (Å²) >= 11 is 2.39. The van der Waals surface area contributed by atoms with Gasteiger partial charge < -0.3 is 4.90 Å². The van der Waals surface area contributed by atoms with E-state index in [1.165, 1.54) is 22.3 Å². The van der Waals surface area contributed by atoms with Crippen LogP contribution in [0.15, 0.2) is 36.4 Å². The van der Waals surface area contributed by atoms with Gasteiger partial charge in [-0.05, 0) is 32.3 Å². The number of nitrogens with zero attached hydrogens (tertiary/aromatic N) is 4. The van der Waals surface area contributed by atoms with E-state index in [1.807, 2.05) is 43.3 Å². The molecule has 0 atom stereocenters. The van der Waals surface area contributed by atoms with Crippen molar-refractivity contribution in [2.45, 2.75) is 0 Å². The molecule has 0 saturated carbocycles. The third kappa shape index (κ3) is 4.37. The van der Waals surface area contributed by atoms with Crippen LogP contribution >= 0.6 is 35.1 Å². The zero-order valence-corrected chi connectivity index (χ0v) is 18.0. The van der Waals surface area contributed by atoms with E-state index in [0.717, 1.165) is 27.6 Å². The third-order valence-electron chi connectivity index (χ3n) is 4.13. The Kier molecular flexibility index (Phi) is 6.42. The summed E-state index contributed by atoms with van der Waals surface area (Å²) in [5, 5.41) is 0.663. The van der Waals surface area contributed by atoms with Gasteiger partial charge in [-0.15, -0.1) is 23.7 Å². The average Bonchev–Trinajstić information content (AvgIpc) is 3.25. The van der Waals surface area contributed by atoms with E-state index in [2.05, 4.69) is 9.97 Å². The lowest BCUT2D eigenvalue weighted by Gasteiger charge is -2.20. The maximum atomic E-state index is 14.1. The molecule has 29 heavy (non-hydrogen) atoms. The first kappa shape index (κ1) is 21.5. The molecule has 0 bridgehead atoms. The number of rotatable bonds is 5. The summed E-state index contributed by atoms with van der Waals surface area (Å²) in [6.45, 7) is 0.940. The predicted molar refractivity (Wildman–Crippen MR) is 117 cm³/mol. The van der Waals surface area contributed by atoms with E-state index in [4.69, 9.17) is 0 Å². The van der Waals surface area contributed by atoms with Gasteiger partial charge in [0, 0.05) is 19.2 Å². The number of hydrogen-bond acceptors (Lipinski definition) is 6. The van der Waals surface area contributed by atoms with Gasteiger partial charge in [-0.1, -0.05) is 23.5 Å². The predicted octanol–water partition coefficient (Wildman–Crippen LogP) is 4.81. The molecule has 0 aliphatic carbocycles. The molecule has 1 amide bonds. The van der Waals surface area contributed by atoms with Crippen LogP contribution in [-0.4, -0.2) is 48.0 Å². The number of fused-ring (bicyclic) bond motifs is 2. The topological polar surface area (TPSA) is 49.3 Å². The molecule has 0 saturated heterocycles. The number of amides is 1. The second-order valence-electron chi connectivity index (χ2n) is 6.48. The Morgan fingerprint density at radius 2 is 1.79 bits per heavy atom. The first-order chi connectivity index (χ1) is 13.4. The number of likely N-dealkylation sites (N-methyl/N-ethyl adjacent to an activating group) is 1. The molecule has 0 aliphatic rings. The van der Waals surface area contributed by atoms with E-state index in [0.29, 0.717) is 27.9 Å². The summed E-state index contributed by atoms with van der Waals surface area (Å²) in [4.78, 5) is 25.3. The van der Waals surface area contributed by atoms with Crippen molar-refractivity contribution in [1.29, 1.82) is 0 Å². The fourth-order valence-corrected chi connectivity index (χ4v) is 4.67. The molecule has 152 valence electrons. The Labute approximate surface area is 180 Å². The van der Waals surface area contributed by atoms with Crippen LogP contribution in [0, 0.1) is 11.6 Å². The van der Waals surface area contributed by atoms with Crippen molar-refractivity contribution in [3.05, 3.63) is 53.0 Å². The molecular weight excluding hydrogens is 438 g/mol. The minimum atomic E-state index is -0.738. The van der Waals surface area contributed by atoms with Gasteiger partial charge in [-0.25, -0.2) is 18.7 Å². The van der Waals surface area contributed by atoms with Crippen LogP contribution in [0.4, 0.5) is 13.9 Å². The van der Waals surface area contributed by atoms with Crippen LogP contribution in [0.2, 0.25) is 0 Å². The van der Waals surface area contributed by atoms with Crippen molar-refractivity contribution in [2.75, 3.05) is 32.1 Å². The molecule has 0 unspecified atom stereocenters. The summed E-state index contributed by atoms with van der Waals surface area (Å²) in [7, 11) is 3.79. The second-order valence-corrected chi connectivity index (χ2v) is 8.52. The third-order valence-corrected chi connectivity index (χ3v) is 6.18. The maximum Gasteiger partial charge on any atom is 0.289 e. The van der Waals surface area contributed by atoms with Crippen molar-refractivity contribution in [2.24, 2.45) is 0 Å². The van der Waals surface area contributed by atoms with Crippen molar-refractivity contribution in [3.8, 4) is 0 Å². The number of aromatic nitrogens is 2. The summed E-state index contributed by atoms with van der Waals surface area (Å²) in [6, 6.07) is 9.54. The smallest absolute Gasteiger partial charge is 0.289 e. The molecule has 5 nitrogen and oxygen atoms in total. The maximum absolute atomic E-state index is 14.1. The molecule has 4 rings (SSSR count). The van der Waals surface area contributed by atoms with Crippen LogP contribution in [-0.2, 0) is 0 Å². The highest BCUT2D eigenvalue weighted by Crippen LogP contribution is 2.32. The lowest BCUT2D eigenvalue weighted by atomic mass is 10.3. The zero-order chi connectivity index (χ0) is 19.8. The number of carbonyl (C=O) groups excluding carboxylic acids is 1. The van der Waals surface area contributed by atoms with E-state index in [9.17, 15) is 13.6 Å². The lowest BCUT2D eigenvalue weighted by molar-refractivity contribution is 0.0985. The SMILES string of the molecule is CN(C)CCN(C(=O)c1nc2ccccc2s1)c1nc2c(F)cc(F)cc2s1.Cl. The number of carbonyl (C=O) groups is 1. The summed E-state index contributed by atoms with van der Waals surface area (Å²) < 4.78 is 28.9. The molecule has 0 N–H and O–H groups in total. The molecule has 2 aromatic heterocycles. The Balaban J connectivity index is 0.00000240. The number of anilines is 1. The van der Waals surface area contributed by atoms with Gasteiger partial charge in [-0.2, -0.15) is 0 Å². The normalized spacial score (nSPS) is 11.2. The van der Waals surface area contributed by atoms with Crippen molar-refractivity contribution < 1.29 is 13.6 Å². The van der Waals surface area contributed by atoms with Gasteiger partial charge in [0.1, 0.15) is 11.3 Å². The van der Waals surface area contributed by atoms with Gasteiger partial charge in [-0.3, -0.25) is 9.69 Å². The van der Waals surface area contributed by atoms with E-state index < -0.39 is 11.6 Å². The fourth-order valence-electron chi connectivity index (χ4n) is 2.72. The Bertz CT molecular complexity index is 1140. The van der Waals surface area contributed by atoms with Crippen molar-refractivity contribution in [3.63, 3.8) is 0 Å². The number of halogens is 3. The Hall–Kier alpha value is -2.20. The quantitative estimate of drug-likeness (QED) is 0.434. The number of hydrogen-bond donors (Lipinski definition) is 0. The van der Waals surface area contributed by atoms with Crippen molar-refractivity contribution in [1.82, 2.24) is 14.9 Å². The first-order valence-corrected chi connectivity index (χ1v) is 10.1. The molecule has 2 heterocycles. The van der Waals surface area contributed by atoms with Gasteiger partial charge in [0.25, 0.3) is 5.91 Å². The van der Waals surface area contributed by atoms with Crippen LogP contribution in [0.3, 0.4) is 0 Å². The molecule has 4 aromatic rings. The standard InChI is InChI=1S/C19H16F2N4OS2.ClH/c1-24(2)7-8-25(18(26)17-22-13-5-3-4-6-14(13)27-17)19-23-16-12(21)9-11(20)10-15(16)28-19;/h3-6,9-10H,7-8H2,1-2H3;1H. The molecular formula is C19H17ClF2N4OS2. The molecule has 0 spiro atoms. The summed E-state index contributed by atoms with van der Waals surface area (Å²) in [6.07, 6.45) is 0. The first-order valence-electron chi connectivity index (χ1n) is 8.50. The zero-order valence-electron chi connectivity index (χ0n) is 15.6. The number of thiazole rings is 2. The molecule has 0 aliphatic heterocycles. The van der Waals surface area contributed by atoms with Crippen LogP contribution in [0.1, 0.15) is 9.80 Å². The van der Waals surface area contributed by atoms with E-state index >= 15 is 0 Å². The summed E-state index contributed by atoms with van der Waals surface area (Å²) in [5.41, 5.74) is 0.814. The molecule has 10 heteroatoms. The summed E-state index contributed by atoms with van der Waals surface area (Å²) in [5.74, 6) is -1.71. The lowest BCUT2D eigenvalue weighted by Crippen LogP contribution is -2.36. The minimum absolute atomic E-state index is 0. The minimum Gasteiger partial charge on any atom is -0.308 e. The molecule has 0 radical (unpaired) electrons. The number of benzene rings is 2. The van der Waals surface area contributed by atoms with E-state index in [1.54, 1.807) is 0 Å².